The topological polar surface area (TPSA) is 42.1 Å². The van der Waals surface area contributed by atoms with Crippen LogP contribution in [0.2, 0.25) is 0 Å². The van der Waals surface area contributed by atoms with E-state index in [0.29, 0.717) is 23.7 Å². The van der Waals surface area contributed by atoms with Gasteiger partial charge in [0.1, 0.15) is 11.4 Å². The number of rotatable bonds is 0. The van der Waals surface area contributed by atoms with Gasteiger partial charge in [0.05, 0.1) is 5.56 Å². The Labute approximate surface area is 114 Å². The molecule has 3 heteroatoms. The summed E-state index contributed by atoms with van der Waals surface area (Å²) in [5.41, 5.74) is 0.752. The molecule has 19 heavy (non-hydrogen) atoms. The average Bonchev–Trinajstić information content (AvgIpc) is 2.36. The molecule has 1 aromatic heterocycles. The normalized spacial score (nSPS) is 41.1. The van der Waals surface area contributed by atoms with Crippen molar-refractivity contribution in [2.24, 2.45) is 17.8 Å². The van der Waals surface area contributed by atoms with Crippen molar-refractivity contribution >= 4 is 0 Å². The van der Waals surface area contributed by atoms with E-state index in [4.69, 9.17) is 4.74 Å². The highest BCUT2D eigenvalue weighted by molar-refractivity contribution is 5.38. The maximum Gasteiger partial charge on any atom is 0.255 e. The van der Waals surface area contributed by atoms with Crippen molar-refractivity contribution in [1.29, 1.82) is 0 Å². The minimum absolute atomic E-state index is 0.0257. The first kappa shape index (κ1) is 12.8. The molecule has 104 valence electrons. The summed E-state index contributed by atoms with van der Waals surface area (Å²) in [4.78, 5) is 15.0. The number of aromatic nitrogens is 1. The molecule has 5 atom stereocenters. The highest BCUT2D eigenvalue weighted by atomic mass is 16.5. The molecule has 3 rings (SSSR count). The van der Waals surface area contributed by atoms with E-state index in [0.717, 1.165) is 17.7 Å². The van der Waals surface area contributed by atoms with E-state index in [-0.39, 0.29) is 11.2 Å². The van der Waals surface area contributed by atoms with Gasteiger partial charge in [-0.15, -0.1) is 0 Å². The van der Waals surface area contributed by atoms with E-state index in [1.54, 1.807) is 6.20 Å². The second-order valence-electron chi connectivity index (χ2n) is 6.84. The maximum atomic E-state index is 12.2. The van der Waals surface area contributed by atoms with Gasteiger partial charge in [0.25, 0.3) is 5.56 Å². The number of ether oxygens (including phenoxy) is 1. The van der Waals surface area contributed by atoms with Gasteiger partial charge in [-0.05, 0) is 37.7 Å². The Morgan fingerprint density at radius 1 is 1.37 bits per heavy atom. The molecule has 0 aromatic carbocycles. The molecule has 2 heterocycles. The molecule has 1 saturated carbocycles. The molecule has 2 bridgehead atoms. The van der Waals surface area contributed by atoms with Crippen LogP contribution < -0.4 is 10.3 Å². The van der Waals surface area contributed by atoms with Gasteiger partial charge in [0, 0.05) is 18.0 Å². The SMILES string of the molecule is C[C@H]1C[C@H](C)[C@H]2c3c(cc[nH]c3=O)O[C@@](C)(C1)[C@@H]2C. The molecule has 0 spiro atoms. The lowest BCUT2D eigenvalue weighted by atomic mass is 9.70. The zero-order chi connectivity index (χ0) is 13.8. The molecule has 0 unspecified atom stereocenters. The largest absolute Gasteiger partial charge is 0.487 e. The van der Waals surface area contributed by atoms with Crippen molar-refractivity contribution in [2.45, 2.75) is 52.1 Å². The lowest BCUT2D eigenvalue weighted by Crippen LogP contribution is -2.47. The van der Waals surface area contributed by atoms with Gasteiger partial charge in [0.2, 0.25) is 0 Å². The zero-order valence-electron chi connectivity index (χ0n) is 12.2. The fraction of sp³-hybridized carbons (Fsp3) is 0.688. The summed E-state index contributed by atoms with van der Waals surface area (Å²) < 4.78 is 6.26. The van der Waals surface area contributed by atoms with Crippen LogP contribution in [0.3, 0.4) is 0 Å². The first-order valence-electron chi connectivity index (χ1n) is 7.33. The van der Waals surface area contributed by atoms with E-state index in [9.17, 15) is 4.79 Å². The number of H-pyrrole nitrogens is 1. The van der Waals surface area contributed by atoms with Gasteiger partial charge in [-0.3, -0.25) is 4.79 Å². The first-order valence-corrected chi connectivity index (χ1v) is 7.33. The number of hydrogen-bond acceptors (Lipinski definition) is 2. The minimum Gasteiger partial charge on any atom is -0.487 e. The number of pyridine rings is 1. The van der Waals surface area contributed by atoms with Crippen molar-refractivity contribution in [3.63, 3.8) is 0 Å². The van der Waals surface area contributed by atoms with Gasteiger partial charge in [-0.25, -0.2) is 0 Å². The van der Waals surface area contributed by atoms with Crippen LogP contribution in [0.1, 0.15) is 52.0 Å². The molecule has 1 aliphatic carbocycles. The Morgan fingerprint density at radius 3 is 2.84 bits per heavy atom. The average molecular weight is 261 g/mol. The van der Waals surface area contributed by atoms with Crippen molar-refractivity contribution in [1.82, 2.24) is 4.98 Å². The van der Waals surface area contributed by atoms with E-state index < -0.39 is 0 Å². The Morgan fingerprint density at radius 2 is 2.11 bits per heavy atom. The fourth-order valence-corrected chi connectivity index (χ4v) is 4.41. The molecular formula is C16H23NO2. The highest BCUT2D eigenvalue weighted by Crippen LogP contribution is 2.52. The monoisotopic (exact) mass is 261 g/mol. The number of hydrogen-bond donors (Lipinski definition) is 1. The van der Waals surface area contributed by atoms with Crippen molar-refractivity contribution in [3.8, 4) is 5.75 Å². The van der Waals surface area contributed by atoms with Crippen LogP contribution in [0, 0.1) is 17.8 Å². The van der Waals surface area contributed by atoms with Crippen molar-refractivity contribution in [2.75, 3.05) is 0 Å². The van der Waals surface area contributed by atoms with Gasteiger partial charge in [-0.1, -0.05) is 20.8 Å². The fourth-order valence-electron chi connectivity index (χ4n) is 4.41. The highest BCUT2D eigenvalue weighted by Gasteiger charge is 2.49. The Kier molecular flexibility index (Phi) is 2.77. The van der Waals surface area contributed by atoms with Gasteiger partial charge in [0.15, 0.2) is 0 Å². The van der Waals surface area contributed by atoms with Crippen LogP contribution >= 0.6 is 0 Å². The lowest BCUT2D eigenvalue weighted by Gasteiger charge is -2.45. The van der Waals surface area contributed by atoms with Crippen LogP contribution in [0.15, 0.2) is 17.1 Å². The van der Waals surface area contributed by atoms with E-state index in [1.807, 2.05) is 6.07 Å². The molecule has 3 nitrogen and oxygen atoms in total. The Bertz CT molecular complexity index is 550. The third kappa shape index (κ3) is 1.82. The third-order valence-corrected chi connectivity index (χ3v) is 5.28. The Balaban J connectivity index is 2.21. The Hall–Kier alpha value is -1.25. The third-order valence-electron chi connectivity index (χ3n) is 5.28. The summed E-state index contributed by atoms with van der Waals surface area (Å²) in [6, 6.07) is 1.91. The summed E-state index contributed by atoms with van der Waals surface area (Å²) in [5, 5.41) is 0. The molecular weight excluding hydrogens is 238 g/mol. The van der Waals surface area contributed by atoms with Crippen LogP contribution in [-0.2, 0) is 0 Å². The van der Waals surface area contributed by atoms with Gasteiger partial charge >= 0.3 is 0 Å². The molecule has 1 fully saturated rings. The minimum atomic E-state index is -0.143. The molecule has 1 aliphatic heterocycles. The van der Waals surface area contributed by atoms with Crippen molar-refractivity contribution in [3.05, 3.63) is 28.2 Å². The summed E-state index contributed by atoms with van der Waals surface area (Å²) in [7, 11) is 0. The van der Waals surface area contributed by atoms with Gasteiger partial charge in [-0.2, -0.15) is 0 Å². The molecule has 2 aliphatic rings. The lowest BCUT2D eigenvalue weighted by molar-refractivity contribution is -0.00933. The second-order valence-corrected chi connectivity index (χ2v) is 6.84. The van der Waals surface area contributed by atoms with E-state index in [1.165, 1.54) is 6.42 Å². The van der Waals surface area contributed by atoms with Crippen LogP contribution in [0.4, 0.5) is 0 Å². The number of aromatic amines is 1. The quantitative estimate of drug-likeness (QED) is 0.778. The standard InChI is InChI=1S/C16H23NO2/c1-9-7-10(2)13-11(3)16(4,8-9)19-12-5-6-17-15(18)14(12)13/h5-6,9-11,13H,7-8H2,1-4H3,(H,17,18)/t9-,10-,11+,13+,16-/m0/s1. The van der Waals surface area contributed by atoms with E-state index in [2.05, 4.69) is 32.7 Å². The van der Waals surface area contributed by atoms with Crippen LogP contribution in [-0.4, -0.2) is 10.6 Å². The maximum absolute atomic E-state index is 12.2. The second kappa shape index (κ2) is 4.12. The number of nitrogens with one attached hydrogen (secondary N) is 1. The zero-order valence-corrected chi connectivity index (χ0v) is 12.2. The van der Waals surface area contributed by atoms with Gasteiger partial charge < -0.3 is 9.72 Å². The summed E-state index contributed by atoms with van der Waals surface area (Å²) in [5.74, 6) is 2.65. The summed E-state index contributed by atoms with van der Waals surface area (Å²) in [6.07, 6.45) is 3.93. The summed E-state index contributed by atoms with van der Waals surface area (Å²) >= 11 is 0. The van der Waals surface area contributed by atoms with E-state index >= 15 is 0 Å². The molecule has 0 radical (unpaired) electrons. The van der Waals surface area contributed by atoms with Crippen molar-refractivity contribution < 1.29 is 4.74 Å². The smallest absolute Gasteiger partial charge is 0.255 e. The molecule has 0 amide bonds. The molecule has 1 N–H and O–H groups in total. The predicted molar refractivity (Wildman–Crippen MR) is 75.6 cm³/mol. The molecule has 0 saturated heterocycles. The van der Waals surface area contributed by atoms with Crippen LogP contribution in [0.5, 0.6) is 5.75 Å². The predicted octanol–water partition coefficient (Wildman–Crippen LogP) is 3.31. The summed E-state index contributed by atoms with van der Waals surface area (Å²) in [6.45, 7) is 9.04. The molecule has 1 aromatic rings. The first-order chi connectivity index (χ1) is 8.92. The number of fused-ring (bicyclic) bond motifs is 4. The van der Waals surface area contributed by atoms with Crippen LogP contribution in [0.25, 0.3) is 0 Å².